The molecule has 0 radical (unpaired) electrons. The third-order valence-electron chi connectivity index (χ3n) is 4.13. The van der Waals surface area contributed by atoms with Crippen molar-refractivity contribution in [1.82, 2.24) is 14.7 Å². The fourth-order valence-electron chi connectivity index (χ4n) is 3.13. The molecular formula is C16H22N4O2S. The maximum atomic E-state index is 11.1. The van der Waals surface area contributed by atoms with Gasteiger partial charge in [-0.1, -0.05) is 0 Å². The van der Waals surface area contributed by atoms with E-state index in [9.17, 15) is 4.79 Å². The molecule has 6 nitrogen and oxygen atoms in total. The Morgan fingerprint density at radius 1 is 1.57 bits per heavy atom. The second-order valence-corrected chi connectivity index (χ2v) is 6.73. The summed E-state index contributed by atoms with van der Waals surface area (Å²) in [5.41, 5.74) is 2.09. The van der Waals surface area contributed by atoms with Crippen molar-refractivity contribution in [3.63, 3.8) is 0 Å². The second kappa shape index (κ2) is 7.25. The number of rotatable bonds is 6. The first kappa shape index (κ1) is 16.2. The van der Waals surface area contributed by atoms with Gasteiger partial charge in [-0.25, -0.2) is 0 Å². The van der Waals surface area contributed by atoms with Gasteiger partial charge in [0.15, 0.2) is 0 Å². The number of nitrogens with zero attached hydrogens (tertiary/aromatic N) is 3. The molecule has 0 aromatic carbocycles. The summed E-state index contributed by atoms with van der Waals surface area (Å²) in [4.78, 5) is 13.6. The normalized spacial score (nSPS) is 21.7. The second-order valence-electron chi connectivity index (χ2n) is 5.95. The Morgan fingerprint density at radius 3 is 3.13 bits per heavy atom. The molecular weight excluding hydrogens is 312 g/mol. The Bertz CT molecular complexity index is 640. The zero-order valence-corrected chi connectivity index (χ0v) is 14.3. The molecule has 1 aliphatic heterocycles. The molecule has 0 bridgehead atoms. The predicted molar refractivity (Wildman–Crippen MR) is 90.6 cm³/mol. The van der Waals surface area contributed by atoms with E-state index in [1.165, 1.54) is 12.5 Å². The van der Waals surface area contributed by atoms with Crippen LogP contribution in [0, 0.1) is 0 Å². The van der Waals surface area contributed by atoms with Crippen LogP contribution in [-0.4, -0.2) is 46.9 Å². The molecule has 3 heterocycles. The molecule has 3 rings (SSSR count). The summed E-state index contributed by atoms with van der Waals surface area (Å²) in [5.74, 6) is -0.0766. The Labute approximate surface area is 140 Å². The van der Waals surface area contributed by atoms with Crippen molar-refractivity contribution < 1.29 is 9.53 Å². The summed E-state index contributed by atoms with van der Waals surface area (Å²) >= 11 is 1.73. The van der Waals surface area contributed by atoms with Crippen LogP contribution in [0.3, 0.4) is 0 Å². The smallest absolute Gasteiger partial charge is 0.221 e. The number of carbonyl (C=O) groups excluding carboxylic acids is 1. The minimum atomic E-state index is -0.0766. The van der Waals surface area contributed by atoms with Crippen LogP contribution in [0.1, 0.15) is 24.9 Å². The van der Waals surface area contributed by atoms with Crippen LogP contribution < -0.4 is 5.32 Å². The number of likely N-dealkylation sites (tertiary alicyclic amines) is 1. The largest absolute Gasteiger partial charge is 0.383 e. The van der Waals surface area contributed by atoms with E-state index in [0.717, 1.165) is 31.8 Å². The first-order chi connectivity index (χ1) is 11.2. The summed E-state index contributed by atoms with van der Waals surface area (Å²) in [6, 6.07) is 2.86. The van der Waals surface area contributed by atoms with E-state index in [4.69, 9.17) is 4.74 Å². The SMILES string of the molecule is COC[C@@H]1C[C@H](n2cc(NC(C)=O)cn2)CN1Cc1ccsc1. The van der Waals surface area contributed by atoms with Crippen LogP contribution in [0.25, 0.3) is 0 Å². The Kier molecular flexibility index (Phi) is 5.09. The van der Waals surface area contributed by atoms with Gasteiger partial charge >= 0.3 is 0 Å². The van der Waals surface area contributed by atoms with E-state index in [1.54, 1.807) is 24.6 Å². The van der Waals surface area contributed by atoms with Gasteiger partial charge < -0.3 is 10.1 Å². The molecule has 0 spiro atoms. The van der Waals surface area contributed by atoms with Gasteiger partial charge in [0.1, 0.15) is 0 Å². The van der Waals surface area contributed by atoms with Crippen LogP contribution in [0.4, 0.5) is 5.69 Å². The van der Waals surface area contributed by atoms with Crippen molar-refractivity contribution in [2.75, 3.05) is 25.6 Å². The molecule has 1 N–H and O–H groups in total. The van der Waals surface area contributed by atoms with Gasteiger partial charge in [0.05, 0.1) is 24.5 Å². The zero-order chi connectivity index (χ0) is 16.2. The number of ether oxygens (including phenoxy) is 1. The minimum absolute atomic E-state index is 0.0766. The summed E-state index contributed by atoms with van der Waals surface area (Å²) in [6.45, 7) is 4.10. The Morgan fingerprint density at radius 2 is 2.43 bits per heavy atom. The van der Waals surface area contributed by atoms with Gasteiger partial charge in [-0.3, -0.25) is 14.4 Å². The van der Waals surface area contributed by atoms with Crippen molar-refractivity contribution in [1.29, 1.82) is 0 Å². The number of aromatic nitrogens is 2. The topological polar surface area (TPSA) is 59.4 Å². The number of nitrogens with one attached hydrogen (secondary N) is 1. The average molecular weight is 334 g/mol. The van der Waals surface area contributed by atoms with Gasteiger partial charge in [-0.15, -0.1) is 0 Å². The van der Waals surface area contributed by atoms with E-state index in [2.05, 4.69) is 32.1 Å². The summed E-state index contributed by atoms with van der Waals surface area (Å²) in [7, 11) is 1.75. The van der Waals surface area contributed by atoms with Crippen molar-refractivity contribution in [3.8, 4) is 0 Å². The van der Waals surface area contributed by atoms with Crippen molar-refractivity contribution in [3.05, 3.63) is 34.8 Å². The monoisotopic (exact) mass is 334 g/mol. The molecule has 1 amide bonds. The molecule has 2 aromatic rings. The van der Waals surface area contributed by atoms with Crippen LogP contribution in [-0.2, 0) is 16.1 Å². The number of amides is 1. The van der Waals surface area contributed by atoms with Gasteiger partial charge in [-0.05, 0) is 28.8 Å². The maximum absolute atomic E-state index is 11.1. The predicted octanol–water partition coefficient (Wildman–Crippen LogP) is 2.37. The maximum Gasteiger partial charge on any atom is 0.221 e. The Hall–Kier alpha value is -1.70. The van der Waals surface area contributed by atoms with E-state index < -0.39 is 0 Å². The molecule has 2 atom stereocenters. The van der Waals surface area contributed by atoms with Crippen LogP contribution >= 0.6 is 11.3 Å². The lowest BCUT2D eigenvalue weighted by Gasteiger charge is -2.22. The molecule has 1 fully saturated rings. The number of hydrogen-bond acceptors (Lipinski definition) is 5. The van der Waals surface area contributed by atoms with E-state index >= 15 is 0 Å². The van der Waals surface area contributed by atoms with Crippen molar-refractivity contribution >= 4 is 22.9 Å². The third-order valence-corrected chi connectivity index (χ3v) is 4.86. The lowest BCUT2D eigenvalue weighted by atomic mass is 10.2. The summed E-state index contributed by atoms with van der Waals surface area (Å²) in [5, 5.41) is 11.5. The minimum Gasteiger partial charge on any atom is -0.383 e. The van der Waals surface area contributed by atoms with Gasteiger partial charge in [0, 0.05) is 39.4 Å². The fraction of sp³-hybridized carbons (Fsp3) is 0.500. The number of anilines is 1. The van der Waals surface area contributed by atoms with Gasteiger partial charge in [0.2, 0.25) is 5.91 Å². The lowest BCUT2D eigenvalue weighted by molar-refractivity contribution is -0.114. The quantitative estimate of drug-likeness (QED) is 0.881. The van der Waals surface area contributed by atoms with Crippen LogP contribution in [0.2, 0.25) is 0 Å². The number of carbonyl (C=O) groups is 1. The first-order valence-corrected chi connectivity index (χ1v) is 8.66. The lowest BCUT2D eigenvalue weighted by Crippen LogP contribution is -2.32. The van der Waals surface area contributed by atoms with Crippen molar-refractivity contribution in [2.24, 2.45) is 0 Å². The number of hydrogen-bond donors (Lipinski definition) is 1. The van der Waals surface area contributed by atoms with Gasteiger partial charge in [0.25, 0.3) is 0 Å². The van der Waals surface area contributed by atoms with Crippen LogP contribution in [0.15, 0.2) is 29.2 Å². The number of thiophene rings is 1. The highest BCUT2D eigenvalue weighted by Crippen LogP contribution is 2.29. The third kappa shape index (κ3) is 3.99. The van der Waals surface area contributed by atoms with Crippen LogP contribution in [0.5, 0.6) is 0 Å². The molecule has 2 aromatic heterocycles. The highest BCUT2D eigenvalue weighted by atomic mass is 32.1. The summed E-state index contributed by atoms with van der Waals surface area (Å²) < 4.78 is 7.35. The molecule has 0 saturated carbocycles. The molecule has 0 aliphatic carbocycles. The Balaban J connectivity index is 1.69. The molecule has 1 saturated heterocycles. The molecule has 7 heteroatoms. The fourth-order valence-corrected chi connectivity index (χ4v) is 3.79. The van der Waals surface area contributed by atoms with E-state index in [-0.39, 0.29) is 5.91 Å². The molecule has 0 unspecified atom stereocenters. The number of methoxy groups -OCH3 is 1. The highest BCUT2D eigenvalue weighted by molar-refractivity contribution is 7.07. The zero-order valence-electron chi connectivity index (χ0n) is 13.4. The average Bonchev–Trinajstić information content (AvgIpc) is 3.21. The standard InChI is InChI=1S/C16H22N4O2S/c1-12(21)18-14-6-17-20(8-14)15-5-16(10-22-2)19(9-15)7-13-3-4-23-11-13/h3-4,6,8,11,15-16H,5,7,9-10H2,1-2H3,(H,18,21)/t15-,16-/m0/s1. The summed E-state index contributed by atoms with van der Waals surface area (Å²) in [6.07, 6.45) is 4.61. The molecule has 1 aliphatic rings. The van der Waals surface area contributed by atoms with E-state index in [1.807, 2.05) is 10.9 Å². The van der Waals surface area contributed by atoms with Crippen molar-refractivity contribution in [2.45, 2.75) is 32.0 Å². The molecule has 124 valence electrons. The first-order valence-electron chi connectivity index (χ1n) is 7.71. The molecule has 23 heavy (non-hydrogen) atoms. The van der Waals surface area contributed by atoms with Gasteiger partial charge in [-0.2, -0.15) is 16.4 Å². The van der Waals surface area contributed by atoms with E-state index in [0.29, 0.717) is 12.1 Å². The highest BCUT2D eigenvalue weighted by Gasteiger charge is 2.33.